The molecule has 0 amide bonds. The van der Waals surface area contributed by atoms with Crippen molar-refractivity contribution in [3.05, 3.63) is 47.3 Å². The number of rotatable bonds is 2. The second kappa shape index (κ2) is 3.99. The summed E-state index contributed by atoms with van der Waals surface area (Å²) in [7, 11) is 0. The molecule has 0 radical (unpaired) electrons. The van der Waals surface area contributed by atoms with Gasteiger partial charge in [0.15, 0.2) is 5.78 Å². The molecule has 0 N–H and O–H groups in total. The number of aryl methyl sites for hydroxylation is 1. The minimum absolute atomic E-state index is 0.292. The van der Waals surface area contributed by atoms with Gasteiger partial charge < -0.3 is 0 Å². The van der Waals surface area contributed by atoms with Crippen molar-refractivity contribution in [2.24, 2.45) is 0 Å². The van der Waals surface area contributed by atoms with E-state index >= 15 is 0 Å². The summed E-state index contributed by atoms with van der Waals surface area (Å²) in [5.41, 5.74) is 1.60. The van der Waals surface area contributed by atoms with Gasteiger partial charge in [0.25, 0.3) is 0 Å². The summed E-state index contributed by atoms with van der Waals surface area (Å²) in [6, 6.07) is 7.04. The molecule has 0 saturated heterocycles. The van der Waals surface area contributed by atoms with Gasteiger partial charge in [0.05, 0.1) is 0 Å². The monoisotopic (exact) mass is 178 g/mol. The Hall–Kier alpha value is -1.44. The van der Waals surface area contributed by atoms with Crippen LogP contribution in [-0.4, -0.2) is 5.78 Å². The largest absolute Gasteiger partial charge is 0.289 e. The fourth-order valence-corrected chi connectivity index (χ4v) is 0.982. The number of allylic oxidation sites excluding steroid dienone is 2. The van der Waals surface area contributed by atoms with Gasteiger partial charge in [-0.05, 0) is 13.8 Å². The van der Waals surface area contributed by atoms with Crippen molar-refractivity contribution in [3.63, 3.8) is 0 Å². The molecule has 68 valence electrons. The Balaban J connectivity index is 2.90. The Bertz CT molecular complexity index is 332. The Morgan fingerprint density at radius 2 is 1.85 bits per heavy atom. The summed E-state index contributed by atoms with van der Waals surface area (Å²) in [5.74, 6) is -0.759. The van der Waals surface area contributed by atoms with E-state index in [2.05, 4.69) is 0 Å². The lowest BCUT2D eigenvalue weighted by Crippen LogP contribution is -1.94. The van der Waals surface area contributed by atoms with E-state index in [0.29, 0.717) is 5.56 Å². The van der Waals surface area contributed by atoms with Crippen LogP contribution in [0.25, 0.3) is 0 Å². The van der Waals surface area contributed by atoms with E-state index in [1.807, 2.05) is 19.1 Å². The summed E-state index contributed by atoms with van der Waals surface area (Å²) in [5, 5.41) is 0. The van der Waals surface area contributed by atoms with Gasteiger partial charge >= 0.3 is 0 Å². The normalized spacial score (nSPS) is 11.5. The van der Waals surface area contributed by atoms with Crippen molar-refractivity contribution >= 4 is 5.78 Å². The lowest BCUT2D eigenvalue weighted by molar-refractivity contribution is 0.104. The summed E-state index contributed by atoms with van der Waals surface area (Å²) < 4.78 is 12.4. The van der Waals surface area contributed by atoms with Gasteiger partial charge in [-0.15, -0.1) is 0 Å². The zero-order valence-electron chi connectivity index (χ0n) is 7.67. The van der Waals surface area contributed by atoms with E-state index in [1.54, 1.807) is 12.1 Å². The Kier molecular flexibility index (Phi) is 2.96. The third kappa shape index (κ3) is 2.82. The maximum atomic E-state index is 12.4. The molecular weight excluding hydrogens is 167 g/mol. The SMILES string of the molecule is C/C(F)=C\C(=O)c1ccc(C)cc1. The number of carbonyl (C=O) groups is 1. The topological polar surface area (TPSA) is 17.1 Å². The molecule has 1 aromatic rings. The maximum absolute atomic E-state index is 12.4. The minimum Gasteiger partial charge on any atom is -0.289 e. The molecule has 0 aliphatic rings. The maximum Gasteiger partial charge on any atom is 0.188 e. The molecule has 0 aliphatic carbocycles. The Morgan fingerprint density at radius 3 is 2.31 bits per heavy atom. The molecule has 0 aliphatic heterocycles. The van der Waals surface area contributed by atoms with Crippen LogP contribution in [0.1, 0.15) is 22.8 Å². The quantitative estimate of drug-likeness (QED) is 0.502. The van der Waals surface area contributed by atoms with Crippen LogP contribution in [0, 0.1) is 6.92 Å². The molecule has 1 rings (SSSR count). The predicted octanol–water partition coefficient (Wildman–Crippen LogP) is 3.05. The van der Waals surface area contributed by atoms with E-state index in [9.17, 15) is 9.18 Å². The summed E-state index contributed by atoms with van der Waals surface area (Å²) >= 11 is 0. The summed E-state index contributed by atoms with van der Waals surface area (Å²) in [6.45, 7) is 3.19. The lowest BCUT2D eigenvalue weighted by Gasteiger charge is -1.96. The van der Waals surface area contributed by atoms with Gasteiger partial charge in [-0.25, -0.2) is 4.39 Å². The lowest BCUT2D eigenvalue weighted by atomic mass is 10.1. The molecule has 0 spiro atoms. The van der Waals surface area contributed by atoms with Crippen LogP contribution in [0.5, 0.6) is 0 Å². The highest BCUT2D eigenvalue weighted by Crippen LogP contribution is 2.06. The number of carbonyl (C=O) groups excluding carboxylic acids is 1. The average molecular weight is 178 g/mol. The molecule has 13 heavy (non-hydrogen) atoms. The van der Waals surface area contributed by atoms with Crippen molar-refractivity contribution in [1.82, 2.24) is 0 Å². The summed E-state index contributed by atoms with van der Waals surface area (Å²) in [6.07, 6.45) is 0.991. The second-order valence-electron chi connectivity index (χ2n) is 2.96. The average Bonchev–Trinajstić information content (AvgIpc) is 2.04. The summed E-state index contributed by atoms with van der Waals surface area (Å²) in [4.78, 5) is 11.3. The van der Waals surface area contributed by atoms with E-state index in [-0.39, 0.29) is 5.78 Å². The third-order valence-electron chi connectivity index (χ3n) is 1.67. The number of halogens is 1. The molecule has 2 heteroatoms. The van der Waals surface area contributed by atoms with Gasteiger partial charge in [0.1, 0.15) is 5.83 Å². The first kappa shape index (κ1) is 9.65. The third-order valence-corrected chi connectivity index (χ3v) is 1.67. The number of benzene rings is 1. The van der Waals surface area contributed by atoms with Crippen molar-refractivity contribution in [2.75, 3.05) is 0 Å². The first-order chi connectivity index (χ1) is 6.09. The fraction of sp³-hybridized carbons (Fsp3) is 0.182. The molecule has 0 bridgehead atoms. The zero-order valence-corrected chi connectivity index (χ0v) is 7.67. The molecule has 1 aromatic carbocycles. The minimum atomic E-state index is -0.467. The zero-order chi connectivity index (χ0) is 9.84. The van der Waals surface area contributed by atoms with Crippen LogP contribution >= 0.6 is 0 Å². The fourth-order valence-electron chi connectivity index (χ4n) is 0.982. The van der Waals surface area contributed by atoms with Gasteiger partial charge in [-0.3, -0.25) is 4.79 Å². The van der Waals surface area contributed by atoms with Crippen LogP contribution in [-0.2, 0) is 0 Å². The van der Waals surface area contributed by atoms with Crippen LogP contribution < -0.4 is 0 Å². The van der Waals surface area contributed by atoms with Crippen molar-refractivity contribution in [2.45, 2.75) is 13.8 Å². The van der Waals surface area contributed by atoms with E-state index in [0.717, 1.165) is 11.6 Å². The highest BCUT2D eigenvalue weighted by molar-refractivity contribution is 6.04. The van der Waals surface area contributed by atoms with Crippen molar-refractivity contribution < 1.29 is 9.18 Å². The van der Waals surface area contributed by atoms with Crippen molar-refractivity contribution in [1.29, 1.82) is 0 Å². The molecule has 0 unspecified atom stereocenters. The van der Waals surface area contributed by atoms with Gasteiger partial charge in [0.2, 0.25) is 0 Å². The second-order valence-corrected chi connectivity index (χ2v) is 2.96. The molecule has 0 aromatic heterocycles. The molecular formula is C11H11FO. The Morgan fingerprint density at radius 1 is 1.31 bits per heavy atom. The number of hydrogen-bond acceptors (Lipinski definition) is 1. The smallest absolute Gasteiger partial charge is 0.188 e. The number of ketones is 1. The van der Waals surface area contributed by atoms with Gasteiger partial charge in [0, 0.05) is 11.6 Å². The van der Waals surface area contributed by atoms with Gasteiger partial charge in [-0.2, -0.15) is 0 Å². The molecule has 0 saturated carbocycles. The molecule has 0 heterocycles. The van der Waals surface area contributed by atoms with Crippen LogP contribution in [0.3, 0.4) is 0 Å². The molecule has 0 atom stereocenters. The van der Waals surface area contributed by atoms with Gasteiger partial charge in [-0.1, -0.05) is 29.8 Å². The van der Waals surface area contributed by atoms with Crippen molar-refractivity contribution in [3.8, 4) is 0 Å². The van der Waals surface area contributed by atoms with Crippen LogP contribution in [0.4, 0.5) is 4.39 Å². The Labute approximate surface area is 76.9 Å². The highest BCUT2D eigenvalue weighted by atomic mass is 19.1. The number of hydrogen-bond donors (Lipinski definition) is 0. The highest BCUT2D eigenvalue weighted by Gasteiger charge is 2.01. The predicted molar refractivity (Wildman–Crippen MR) is 50.4 cm³/mol. The van der Waals surface area contributed by atoms with Crippen LogP contribution in [0.2, 0.25) is 0 Å². The molecule has 0 fully saturated rings. The molecule has 1 nitrogen and oxygen atoms in total. The van der Waals surface area contributed by atoms with E-state index in [1.165, 1.54) is 6.92 Å². The first-order valence-corrected chi connectivity index (χ1v) is 4.04. The van der Waals surface area contributed by atoms with E-state index in [4.69, 9.17) is 0 Å². The van der Waals surface area contributed by atoms with E-state index < -0.39 is 5.83 Å². The standard InChI is InChI=1S/C11H11FO/c1-8-3-5-10(6-4-8)11(13)7-9(2)12/h3-7H,1-2H3/b9-7+. The first-order valence-electron chi connectivity index (χ1n) is 4.04. The van der Waals surface area contributed by atoms with Crippen LogP contribution in [0.15, 0.2) is 36.2 Å².